The van der Waals surface area contributed by atoms with E-state index < -0.39 is 26.2 Å². The zero-order valence-corrected chi connectivity index (χ0v) is 12.9. The molecule has 1 saturated heterocycles. The van der Waals surface area contributed by atoms with E-state index in [9.17, 15) is 9.67 Å². The number of nitrogens with zero attached hydrogens (tertiary/aromatic N) is 3. The highest BCUT2D eigenvalue weighted by Crippen LogP contribution is 2.39. The van der Waals surface area contributed by atoms with Gasteiger partial charge < -0.3 is 29.6 Å². The molecule has 3 heterocycles. The van der Waals surface area contributed by atoms with Crippen LogP contribution in [0.3, 0.4) is 0 Å². The molecule has 3 rings (SSSR count). The number of anilines is 1. The third-order valence-corrected chi connectivity index (χ3v) is 4.21. The third kappa shape index (κ3) is 2.72. The standard InChI is InChI=1S/C13H15N4O5P/c1-2-13(6-21-23(19)20)9(18)5-10(22-13)17-4-3-8-11(14)15-7-16-12(8)17/h1,3-4,7,9-10,18,23H,5-6H2,(H,19,20)(H2,14,15,16)/t9-,10?,13+/m0/s1. The summed E-state index contributed by atoms with van der Waals surface area (Å²) in [4.78, 5) is 16.9. The predicted molar refractivity (Wildman–Crippen MR) is 81.4 cm³/mol. The molecule has 23 heavy (non-hydrogen) atoms. The first-order valence-electron chi connectivity index (χ1n) is 6.73. The molecule has 0 amide bonds. The van der Waals surface area contributed by atoms with Crippen LogP contribution in [0.25, 0.3) is 11.0 Å². The summed E-state index contributed by atoms with van der Waals surface area (Å²) in [6.45, 7) is -0.383. The number of nitrogen functional groups attached to an aromatic ring is 1. The lowest BCUT2D eigenvalue weighted by molar-refractivity contribution is -0.0841. The van der Waals surface area contributed by atoms with Gasteiger partial charge in [-0.25, -0.2) is 9.97 Å². The van der Waals surface area contributed by atoms with Gasteiger partial charge in [0.1, 0.15) is 30.1 Å². The molecule has 0 aromatic carbocycles. The first kappa shape index (κ1) is 15.9. The van der Waals surface area contributed by atoms with Crippen LogP contribution in [0.2, 0.25) is 0 Å². The van der Waals surface area contributed by atoms with Crippen molar-refractivity contribution in [3.05, 3.63) is 18.6 Å². The molecule has 122 valence electrons. The Kier molecular flexibility index (Phi) is 4.10. The fourth-order valence-electron chi connectivity index (χ4n) is 2.62. The molecule has 9 nitrogen and oxygen atoms in total. The number of terminal acetylenes is 1. The molecule has 2 unspecified atom stereocenters. The first-order valence-corrected chi connectivity index (χ1v) is 7.99. The summed E-state index contributed by atoms with van der Waals surface area (Å²) >= 11 is 0. The Hall–Kier alpha value is -1.95. The van der Waals surface area contributed by atoms with Crippen molar-refractivity contribution in [1.82, 2.24) is 14.5 Å². The smallest absolute Gasteiger partial charge is 0.316 e. The maximum absolute atomic E-state index is 10.8. The molecule has 1 fully saturated rings. The highest BCUT2D eigenvalue weighted by Gasteiger charge is 2.48. The lowest BCUT2D eigenvalue weighted by Gasteiger charge is -2.25. The molecule has 4 N–H and O–H groups in total. The van der Waals surface area contributed by atoms with E-state index in [2.05, 4.69) is 20.4 Å². The fraction of sp³-hybridized carbons (Fsp3) is 0.385. The quantitative estimate of drug-likeness (QED) is 0.527. The van der Waals surface area contributed by atoms with E-state index in [0.29, 0.717) is 16.9 Å². The molecule has 0 spiro atoms. The van der Waals surface area contributed by atoms with Crippen LogP contribution < -0.4 is 5.73 Å². The summed E-state index contributed by atoms with van der Waals surface area (Å²) in [7, 11) is -3.18. The van der Waals surface area contributed by atoms with Gasteiger partial charge >= 0.3 is 8.25 Å². The molecular weight excluding hydrogens is 323 g/mol. The summed E-state index contributed by atoms with van der Waals surface area (Å²) in [5.74, 6) is 2.66. The van der Waals surface area contributed by atoms with Crippen LogP contribution in [0.1, 0.15) is 12.6 Å². The average molecular weight is 338 g/mol. The Morgan fingerprint density at radius 2 is 2.43 bits per heavy atom. The average Bonchev–Trinajstić information content (AvgIpc) is 3.08. The minimum atomic E-state index is -3.18. The highest BCUT2D eigenvalue weighted by atomic mass is 31.1. The third-order valence-electron chi connectivity index (χ3n) is 3.81. The molecular formula is C13H15N4O5P. The Morgan fingerprint density at radius 1 is 1.65 bits per heavy atom. The second-order valence-corrected chi connectivity index (χ2v) is 5.95. The topological polar surface area (TPSA) is 133 Å². The minimum Gasteiger partial charge on any atom is -0.389 e. The fourth-order valence-corrected chi connectivity index (χ4v) is 2.95. The molecule has 4 atom stereocenters. The van der Waals surface area contributed by atoms with Gasteiger partial charge in [-0.15, -0.1) is 6.42 Å². The predicted octanol–water partition coefficient (Wildman–Crippen LogP) is 0.0639. The summed E-state index contributed by atoms with van der Waals surface area (Å²) in [5, 5.41) is 10.9. The molecule has 2 aromatic heterocycles. The molecule has 0 radical (unpaired) electrons. The number of rotatable bonds is 4. The van der Waals surface area contributed by atoms with Gasteiger partial charge in [0.15, 0.2) is 5.60 Å². The molecule has 0 saturated carbocycles. The molecule has 2 aromatic rings. The number of nitrogens with two attached hydrogens (primary N) is 1. The SMILES string of the molecule is C#C[C@]1(CO[PH](=O)O)OC(n2ccc3c(N)ncnc32)C[C@@H]1O. The maximum Gasteiger partial charge on any atom is 0.316 e. The van der Waals surface area contributed by atoms with E-state index in [1.54, 1.807) is 16.8 Å². The van der Waals surface area contributed by atoms with Crippen molar-refractivity contribution in [1.29, 1.82) is 0 Å². The van der Waals surface area contributed by atoms with Gasteiger partial charge in [0.05, 0.1) is 12.0 Å². The van der Waals surface area contributed by atoms with Gasteiger partial charge in [0, 0.05) is 12.6 Å². The molecule has 0 bridgehead atoms. The lowest BCUT2D eigenvalue weighted by Crippen LogP contribution is -2.42. The van der Waals surface area contributed by atoms with Crippen LogP contribution in [0.5, 0.6) is 0 Å². The van der Waals surface area contributed by atoms with Gasteiger partial charge in [-0.05, 0) is 6.07 Å². The van der Waals surface area contributed by atoms with E-state index in [-0.39, 0.29) is 13.0 Å². The second kappa shape index (κ2) is 5.92. The van der Waals surface area contributed by atoms with Crippen molar-refractivity contribution in [3.63, 3.8) is 0 Å². The number of aliphatic hydroxyl groups is 1. The van der Waals surface area contributed by atoms with E-state index in [1.165, 1.54) is 6.33 Å². The largest absolute Gasteiger partial charge is 0.389 e. The van der Waals surface area contributed by atoms with E-state index in [1.807, 2.05) is 0 Å². The Labute approximate surface area is 132 Å². The van der Waals surface area contributed by atoms with Crippen molar-refractivity contribution in [2.24, 2.45) is 0 Å². The monoisotopic (exact) mass is 338 g/mol. The van der Waals surface area contributed by atoms with E-state index in [4.69, 9.17) is 21.8 Å². The van der Waals surface area contributed by atoms with Crippen molar-refractivity contribution < 1.29 is 23.8 Å². The van der Waals surface area contributed by atoms with Crippen LogP contribution >= 0.6 is 8.25 Å². The number of fused-ring (bicyclic) bond motifs is 1. The Morgan fingerprint density at radius 3 is 3.13 bits per heavy atom. The van der Waals surface area contributed by atoms with Crippen LogP contribution in [0.15, 0.2) is 18.6 Å². The van der Waals surface area contributed by atoms with Gasteiger partial charge in [-0.1, -0.05) is 5.92 Å². The van der Waals surface area contributed by atoms with E-state index in [0.717, 1.165) is 0 Å². The van der Waals surface area contributed by atoms with Crippen molar-refractivity contribution in [3.8, 4) is 12.3 Å². The van der Waals surface area contributed by atoms with Gasteiger partial charge in [-0.2, -0.15) is 0 Å². The minimum absolute atomic E-state index is 0.174. The van der Waals surface area contributed by atoms with Crippen molar-refractivity contribution >= 4 is 25.1 Å². The first-order chi connectivity index (χ1) is 11.0. The number of ether oxygens (including phenoxy) is 1. The lowest BCUT2D eigenvalue weighted by atomic mass is 9.99. The number of aliphatic hydroxyl groups excluding tert-OH is 1. The van der Waals surface area contributed by atoms with Crippen LogP contribution in [0.4, 0.5) is 5.82 Å². The van der Waals surface area contributed by atoms with Crippen molar-refractivity contribution in [2.45, 2.75) is 24.4 Å². The molecule has 0 aliphatic carbocycles. The summed E-state index contributed by atoms with van der Waals surface area (Å²) in [6.07, 6.45) is 6.99. The molecule has 1 aliphatic rings. The Bertz CT molecular complexity index is 803. The number of aromatic nitrogens is 3. The normalized spacial score (nSPS) is 28.7. The second-order valence-electron chi connectivity index (χ2n) is 5.13. The zero-order chi connectivity index (χ0) is 16.6. The number of hydrogen-bond acceptors (Lipinski definition) is 7. The van der Waals surface area contributed by atoms with Gasteiger partial charge in [-0.3, -0.25) is 4.57 Å². The molecule has 10 heteroatoms. The number of hydrogen-bond donors (Lipinski definition) is 3. The molecule has 1 aliphatic heterocycles. The summed E-state index contributed by atoms with van der Waals surface area (Å²) < 4.78 is 22.9. The maximum atomic E-state index is 10.8. The zero-order valence-electron chi connectivity index (χ0n) is 11.9. The van der Waals surface area contributed by atoms with Crippen LogP contribution in [0, 0.1) is 12.3 Å². The summed E-state index contributed by atoms with van der Waals surface area (Å²) in [5.41, 5.74) is 4.83. The van der Waals surface area contributed by atoms with Crippen molar-refractivity contribution in [2.75, 3.05) is 12.3 Å². The van der Waals surface area contributed by atoms with E-state index >= 15 is 0 Å². The van der Waals surface area contributed by atoms with Gasteiger partial charge in [0.2, 0.25) is 0 Å². The Balaban J connectivity index is 1.92. The van der Waals surface area contributed by atoms with Gasteiger partial charge in [0.25, 0.3) is 0 Å². The summed E-state index contributed by atoms with van der Waals surface area (Å²) in [6, 6.07) is 1.74. The highest BCUT2D eigenvalue weighted by molar-refractivity contribution is 7.32. The van der Waals surface area contributed by atoms with Crippen LogP contribution in [-0.4, -0.2) is 42.8 Å². The van der Waals surface area contributed by atoms with Crippen LogP contribution in [-0.2, 0) is 13.8 Å².